The summed E-state index contributed by atoms with van der Waals surface area (Å²) in [7, 11) is -3.65. The first-order chi connectivity index (χ1) is 13.4. The lowest BCUT2D eigenvalue weighted by Gasteiger charge is -2.07. The van der Waals surface area contributed by atoms with Gasteiger partial charge in [0.15, 0.2) is 0 Å². The van der Waals surface area contributed by atoms with Gasteiger partial charge in [0, 0.05) is 0 Å². The zero-order chi connectivity index (χ0) is 19.7. The van der Waals surface area contributed by atoms with Crippen LogP contribution in [0, 0.1) is 0 Å². The Balaban J connectivity index is 1.63. The maximum absolute atomic E-state index is 12.5. The molecule has 4 rings (SSSR count). The first kappa shape index (κ1) is 18.2. The van der Waals surface area contributed by atoms with Crippen molar-refractivity contribution >= 4 is 26.7 Å². The molecule has 4 aromatic rings. The number of hydrogen-bond acceptors (Lipinski definition) is 4. The minimum atomic E-state index is -3.65. The lowest BCUT2D eigenvalue weighted by Crippen LogP contribution is -2.12. The monoisotopic (exact) mass is 392 g/mol. The van der Waals surface area contributed by atoms with Crippen molar-refractivity contribution in [1.82, 2.24) is 15.0 Å². The zero-order valence-electron chi connectivity index (χ0n) is 15.6. The molecule has 28 heavy (non-hydrogen) atoms. The predicted molar refractivity (Wildman–Crippen MR) is 110 cm³/mol. The van der Waals surface area contributed by atoms with E-state index in [1.54, 1.807) is 53.3 Å². The Bertz CT molecular complexity index is 1210. The van der Waals surface area contributed by atoms with Crippen molar-refractivity contribution in [2.75, 3.05) is 4.72 Å². The summed E-state index contributed by atoms with van der Waals surface area (Å²) >= 11 is 0. The van der Waals surface area contributed by atoms with Crippen molar-refractivity contribution in [2.24, 2.45) is 0 Å². The largest absolute Gasteiger partial charge is 0.280 e. The van der Waals surface area contributed by atoms with E-state index in [4.69, 9.17) is 0 Å². The Morgan fingerprint density at radius 3 is 2.21 bits per heavy atom. The van der Waals surface area contributed by atoms with Crippen LogP contribution >= 0.6 is 0 Å². The number of anilines is 1. The van der Waals surface area contributed by atoms with E-state index in [-0.39, 0.29) is 4.90 Å². The number of hydrogen-bond donors (Lipinski definition) is 1. The van der Waals surface area contributed by atoms with Crippen LogP contribution in [0.3, 0.4) is 0 Å². The molecule has 0 saturated carbocycles. The van der Waals surface area contributed by atoms with Crippen LogP contribution in [-0.4, -0.2) is 23.4 Å². The highest BCUT2D eigenvalue weighted by Gasteiger charge is 2.14. The molecule has 3 aromatic carbocycles. The molecule has 1 N–H and O–H groups in total. The summed E-state index contributed by atoms with van der Waals surface area (Å²) in [6.45, 7) is 4.29. The minimum Gasteiger partial charge on any atom is -0.280 e. The van der Waals surface area contributed by atoms with Crippen molar-refractivity contribution in [3.8, 4) is 5.69 Å². The summed E-state index contributed by atoms with van der Waals surface area (Å²) in [5.41, 5.74) is 3.85. The molecular formula is C21H20N4O2S. The topological polar surface area (TPSA) is 76.9 Å². The van der Waals surface area contributed by atoms with Crippen molar-refractivity contribution < 1.29 is 8.42 Å². The first-order valence-corrected chi connectivity index (χ1v) is 10.5. The molecular weight excluding hydrogens is 372 g/mol. The van der Waals surface area contributed by atoms with Gasteiger partial charge in [0.25, 0.3) is 10.0 Å². The molecule has 0 aliphatic carbocycles. The second kappa shape index (κ2) is 7.09. The Labute approximate surface area is 163 Å². The summed E-state index contributed by atoms with van der Waals surface area (Å²) in [6.07, 6.45) is 0. The number of aromatic nitrogens is 3. The van der Waals surface area contributed by atoms with Gasteiger partial charge in [-0.2, -0.15) is 4.80 Å². The maximum Gasteiger partial charge on any atom is 0.261 e. The average molecular weight is 392 g/mol. The Kier molecular flexibility index (Phi) is 4.60. The van der Waals surface area contributed by atoms with Crippen LogP contribution in [0.15, 0.2) is 77.7 Å². The lowest BCUT2D eigenvalue weighted by atomic mass is 10.0. The molecule has 0 aliphatic rings. The third kappa shape index (κ3) is 3.61. The molecule has 6 nitrogen and oxygen atoms in total. The van der Waals surface area contributed by atoms with Gasteiger partial charge in [-0.05, 0) is 53.9 Å². The molecule has 0 unspecified atom stereocenters. The molecule has 142 valence electrons. The van der Waals surface area contributed by atoms with E-state index in [0.717, 1.165) is 5.69 Å². The number of fused-ring (bicyclic) bond motifs is 1. The number of benzene rings is 3. The van der Waals surface area contributed by atoms with E-state index in [2.05, 4.69) is 40.9 Å². The Morgan fingerprint density at radius 2 is 1.54 bits per heavy atom. The molecule has 1 heterocycles. The third-order valence-electron chi connectivity index (χ3n) is 4.48. The molecule has 0 saturated heterocycles. The van der Waals surface area contributed by atoms with Gasteiger partial charge in [0.2, 0.25) is 0 Å². The fourth-order valence-electron chi connectivity index (χ4n) is 2.90. The first-order valence-electron chi connectivity index (χ1n) is 8.98. The van der Waals surface area contributed by atoms with Crippen molar-refractivity contribution in [2.45, 2.75) is 24.7 Å². The second-order valence-electron chi connectivity index (χ2n) is 6.86. The van der Waals surface area contributed by atoms with Gasteiger partial charge in [0.05, 0.1) is 16.3 Å². The van der Waals surface area contributed by atoms with Gasteiger partial charge >= 0.3 is 0 Å². The van der Waals surface area contributed by atoms with E-state index in [9.17, 15) is 8.42 Å². The highest BCUT2D eigenvalue weighted by atomic mass is 32.2. The quantitative estimate of drug-likeness (QED) is 0.548. The fourth-order valence-corrected chi connectivity index (χ4v) is 3.97. The normalized spacial score (nSPS) is 11.8. The van der Waals surface area contributed by atoms with Crippen LogP contribution in [0.5, 0.6) is 0 Å². The highest BCUT2D eigenvalue weighted by molar-refractivity contribution is 7.92. The van der Waals surface area contributed by atoms with E-state index in [1.165, 1.54) is 5.56 Å². The lowest BCUT2D eigenvalue weighted by molar-refractivity contribution is 0.601. The average Bonchev–Trinajstić information content (AvgIpc) is 3.12. The standard InChI is InChI=1S/C21H20N4O2S/c1-15(2)16-8-11-18(12-9-16)25-22-20-13-10-17(14-21(20)23-25)24-28(26,27)19-6-4-3-5-7-19/h3-15,24H,1-2H3. The van der Waals surface area contributed by atoms with Crippen LogP contribution < -0.4 is 4.72 Å². The van der Waals surface area contributed by atoms with E-state index < -0.39 is 10.0 Å². The van der Waals surface area contributed by atoms with Gasteiger partial charge < -0.3 is 0 Å². The Hall–Kier alpha value is -3.19. The third-order valence-corrected chi connectivity index (χ3v) is 5.87. The van der Waals surface area contributed by atoms with Gasteiger partial charge in [-0.15, -0.1) is 10.2 Å². The number of nitrogens with one attached hydrogen (secondary N) is 1. The van der Waals surface area contributed by atoms with Crippen LogP contribution in [0.1, 0.15) is 25.3 Å². The number of sulfonamides is 1. The van der Waals surface area contributed by atoms with Crippen molar-refractivity contribution in [3.05, 3.63) is 78.4 Å². The molecule has 0 amide bonds. The Morgan fingerprint density at radius 1 is 0.857 bits per heavy atom. The summed E-state index contributed by atoms with van der Waals surface area (Å²) in [6, 6.07) is 21.5. The zero-order valence-corrected chi connectivity index (χ0v) is 16.4. The number of nitrogens with zero attached hydrogens (tertiary/aromatic N) is 3. The summed E-state index contributed by atoms with van der Waals surface area (Å²) in [5, 5.41) is 8.97. The van der Waals surface area contributed by atoms with Gasteiger partial charge in [0.1, 0.15) is 11.0 Å². The van der Waals surface area contributed by atoms with Crippen LogP contribution in [0.4, 0.5) is 5.69 Å². The predicted octanol–water partition coefficient (Wildman–Crippen LogP) is 4.34. The van der Waals surface area contributed by atoms with Gasteiger partial charge in [-0.3, -0.25) is 4.72 Å². The molecule has 0 spiro atoms. The second-order valence-corrected chi connectivity index (χ2v) is 8.54. The fraction of sp³-hybridized carbons (Fsp3) is 0.143. The van der Waals surface area contributed by atoms with Crippen LogP contribution in [0.2, 0.25) is 0 Å². The number of rotatable bonds is 5. The van der Waals surface area contributed by atoms with Crippen molar-refractivity contribution in [1.29, 1.82) is 0 Å². The summed E-state index contributed by atoms with van der Waals surface area (Å²) in [5.74, 6) is 0.457. The molecule has 0 atom stereocenters. The van der Waals surface area contributed by atoms with E-state index >= 15 is 0 Å². The molecule has 0 bridgehead atoms. The van der Waals surface area contributed by atoms with E-state index in [0.29, 0.717) is 22.6 Å². The van der Waals surface area contributed by atoms with Crippen molar-refractivity contribution in [3.63, 3.8) is 0 Å². The molecule has 0 aliphatic heterocycles. The summed E-state index contributed by atoms with van der Waals surface area (Å²) < 4.78 is 27.6. The highest BCUT2D eigenvalue weighted by Crippen LogP contribution is 2.21. The van der Waals surface area contributed by atoms with Crippen LogP contribution in [0.25, 0.3) is 16.7 Å². The van der Waals surface area contributed by atoms with Crippen LogP contribution in [-0.2, 0) is 10.0 Å². The minimum absolute atomic E-state index is 0.212. The maximum atomic E-state index is 12.5. The SMILES string of the molecule is CC(C)c1ccc(-n2nc3ccc(NS(=O)(=O)c4ccccc4)cc3n2)cc1. The van der Waals surface area contributed by atoms with Gasteiger partial charge in [-0.1, -0.05) is 44.2 Å². The smallest absolute Gasteiger partial charge is 0.261 e. The molecule has 1 aromatic heterocycles. The molecule has 0 fully saturated rings. The summed E-state index contributed by atoms with van der Waals surface area (Å²) in [4.78, 5) is 1.77. The van der Waals surface area contributed by atoms with Gasteiger partial charge in [-0.25, -0.2) is 8.42 Å². The van der Waals surface area contributed by atoms with E-state index in [1.807, 2.05) is 12.1 Å². The molecule has 7 heteroatoms. The molecule has 0 radical (unpaired) electrons.